The summed E-state index contributed by atoms with van der Waals surface area (Å²) in [5.74, 6) is -0.0304. The number of carbonyl (C=O) groups excluding carboxylic acids is 1. The van der Waals surface area contributed by atoms with E-state index < -0.39 is 0 Å². The van der Waals surface area contributed by atoms with Crippen molar-refractivity contribution < 1.29 is 4.79 Å². The molecule has 6 heteroatoms. The lowest BCUT2D eigenvalue weighted by molar-refractivity contribution is 0.102. The van der Waals surface area contributed by atoms with E-state index in [2.05, 4.69) is 85.7 Å². The molecule has 166 valence electrons. The van der Waals surface area contributed by atoms with Crippen molar-refractivity contribution in [1.29, 1.82) is 0 Å². The Morgan fingerprint density at radius 1 is 1.09 bits per heavy atom. The number of amides is 1. The Balaban J connectivity index is 1.62. The first kappa shape index (κ1) is 21.9. The number of aromatic nitrogens is 4. The highest BCUT2D eigenvalue weighted by Gasteiger charge is 2.42. The Hall–Kier alpha value is -3.28. The predicted octanol–water partition coefficient (Wildman–Crippen LogP) is 5.53. The second-order valence-corrected chi connectivity index (χ2v) is 10.0. The van der Waals surface area contributed by atoms with Crippen molar-refractivity contribution in [2.75, 3.05) is 5.32 Å². The van der Waals surface area contributed by atoms with Crippen LogP contribution in [0.2, 0.25) is 0 Å². The van der Waals surface area contributed by atoms with E-state index in [1.807, 2.05) is 24.3 Å². The zero-order valence-electron chi connectivity index (χ0n) is 19.7. The molecule has 1 aliphatic rings. The molecule has 0 unspecified atom stereocenters. The Morgan fingerprint density at radius 2 is 1.75 bits per heavy atom. The van der Waals surface area contributed by atoms with Crippen molar-refractivity contribution in [3.8, 4) is 0 Å². The third-order valence-corrected chi connectivity index (χ3v) is 6.52. The van der Waals surface area contributed by atoms with Crippen molar-refractivity contribution in [2.45, 2.75) is 65.2 Å². The minimum absolute atomic E-state index is 0.175. The lowest BCUT2D eigenvalue weighted by Crippen LogP contribution is -2.18. The van der Waals surface area contributed by atoms with E-state index in [1.54, 1.807) is 0 Å². The van der Waals surface area contributed by atoms with Gasteiger partial charge >= 0.3 is 0 Å². The minimum atomic E-state index is -0.257. The number of hydrogen-bond donors (Lipinski definition) is 2. The number of fused-ring (bicyclic) bond motifs is 1. The van der Waals surface area contributed by atoms with E-state index in [9.17, 15) is 4.79 Å². The van der Waals surface area contributed by atoms with E-state index in [0.717, 1.165) is 12.0 Å². The molecular weight excluding hydrogens is 398 g/mol. The average Bonchev–Trinajstić information content (AvgIpc) is 3.31. The highest BCUT2D eigenvalue weighted by Crippen LogP contribution is 2.50. The van der Waals surface area contributed by atoms with Gasteiger partial charge in [-0.25, -0.2) is 5.10 Å². The number of allylic oxidation sites excluding steroid dienone is 1. The minimum Gasteiger partial charge on any atom is -0.289 e. The summed E-state index contributed by atoms with van der Waals surface area (Å²) >= 11 is 0. The first-order valence-electron chi connectivity index (χ1n) is 11.1. The van der Waals surface area contributed by atoms with Crippen molar-refractivity contribution in [1.82, 2.24) is 20.6 Å². The van der Waals surface area contributed by atoms with Gasteiger partial charge in [0.2, 0.25) is 5.95 Å². The number of nitrogens with one attached hydrogen (secondary N) is 2. The summed E-state index contributed by atoms with van der Waals surface area (Å²) in [5.41, 5.74) is 8.89. The summed E-state index contributed by atoms with van der Waals surface area (Å²) < 4.78 is 0. The number of aromatic amines is 1. The van der Waals surface area contributed by atoms with E-state index in [1.165, 1.54) is 34.2 Å². The van der Waals surface area contributed by atoms with Crippen molar-refractivity contribution in [2.24, 2.45) is 0 Å². The fourth-order valence-corrected chi connectivity index (χ4v) is 5.17. The summed E-state index contributed by atoms with van der Waals surface area (Å²) in [6.07, 6.45) is 4.36. The number of aryl methyl sites for hydroxylation is 1. The summed E-state index contributed by atoms with van der Waals surface area (Å²) in [6, 6.07) is 12.4. The van der Waals surface area contributed by atoms with Crippen LogP contribution in [0.4, 0.5) is 5.95 Å². The standard InChI is InChI=1S/C26H31N5O/c1-7-18-13-21-22(26(5,6)15-25(21,3)4)14-20(18)16(2)12-17-8-10-19(11-9-17)23(32)27-24-28-30-31-29-24/h8-14H,7,15H2,1-6H3,(H2,27,28,29,30,31,32)/b16-12+. The summed E-state index contributed by atoms with van der Waals surface area (Å²) in [4.78, 5) is 12.3. The second-order valence-electron chi connectivity index (χ2n) is 10.0. The summed E-state index contributed by atoms with van der Waals surface area (Å²) in [7, 11) is 0. The monoisotopic (exact) mass is 429 g/mol. The Labute approximate surface area is 189 Å². The second kappa shape index (κ2) is 8.01. The van der Waals surface area contributed by atoms with Crippen LogP contribution in [0.25, 0.3) is 11.6 Å². The number of rotatable bonds is 5. The molecular formula is C26H31N5O. The number of anilines is 1. The first-order chi connectivity index (χ1) is 15.1. The van der Waals surface area contributed by atoms with Gasteiger partial charge in [0.25, 0.3) is 5.91 Å². The fourth-order valence-electron chi connectivity index (χ4n) is 5.17. The molecule has 0 aliphatic heterocycles. The molecule has 1 heterocycles. The van der Waals surface area contributed by atoms with Gasteiger partial charge in [0.05, 0.1) is 0 Å². The van der Waals surface area contributed by atoms with Gasteiger partial charge in [-0.1, -0.05) is 70.1 Å². The van der Waals surface area contributed by atoms with Crippen molar-refractivity contribution in [3.05, 3.63) is 69.8 Å². The van der Waals surface area contributed by atoms with Crippen LogP contribution in [-0.4, -0.2) is 26.5 Å². The number of carbonyl (C=O) groups is 1. The Morgan fingerprint density at radius 3 is 2.34 bits per heavy atom. The van der Waals surface area contributed by atoms with Gasteiger partial charge in [-0.15, -0.1) is 0 Å². The molecule has 1 amide bonds. The number of nitrogens with zero attached hydrogens (tertiary/aromatic N) is 3. The van der Waals surface area contributed by atoms with Crippen molar-refractivity contribution >= 4 is 23.5 Å². The SMILES string of the molecule is CCc1cc2c(cc1/C(C)=C/c1ccc(C(=O)Nc3nnn[nH]3)cc1)C(C)(C)CC2(C)C. The fraction of sp³-hybridized carbons (Fsp3) is 0.385. The average molecular weight is 430 g/mol. The van der Waals surface area contributed by atoms with E-state index >= 15 is 0 Å². The van der Waals surface area contributed by atoms with Gasteiger partial charge in [0.1, 0.15) is 0 Å². The van der Waals surface area contributed by atoms with Gasteiger partial charge in [-0.3, -0.25) is 10.1 Å². The zero-order chi connectivity index (χ0) is 23.1. The molecule has 1 aliphatic carbocycles. The largest absolute Gasteiger partial charge is 0.289 e. The maximum absolute atomic E-state index is 12.3. The molecule has 0 spiro atoms. The first-order valence-corrected chi connectivity index (χ1v) is 11.1. The topological polar surface area (TPSA) is 83.6 Å². The van der Waals surface area contributed by atoms with Gasteiger partial charge < -0.3 is 0 Å². The molecule has 4 rings (SSSR count). The summed E-state index contributed by atoms with van der Waals surface area (Å²) in [6.45, 7) is 13.8. The Kier molecular flexibility index (Phi) is 5.49. The van der Waals surface area contributed by atoms with Crippen LogP contribution in [0.1, 0.15) is 86.1 Å². The highest BCUT2D eigenvalue weighted by molar-refractivity contribution is 6.03. The maximum atomic E-state index is 12.3. The predicted molar refractivity (Wildman–Crippen MR) is 129 cm³/mol. The van der Waals surface area contributed by atoms with Crippen LogP contribution in [0, 0.1) is 0 Å². The molecule has 32 heavy (non-hydrogen) atoms. The van der Waals surface area contributed by atoms with Crippen LogP contribution < -0.4 is 5.32 Å². The number of hydrogen-bond acceptors (Lipinski definition) is 4. The molecule has 0 bridgehead atoms. The molecule has 2 aromatic carbocycles. The smallest absolute Gasteiger partial charge is 0.258 e. The van der Waals surface area contributed by atoms with Gasteiger partial charge in [-0.05, 0) is 86.5 Å². The summed E-state index contributed by atoms with van der Waals surface area (Å²) in [5, 5.41) is 15.7. The third kappa shape index (κ3) is 4.09. The Bertz CT molecular complexity index is 1170. The number of tetrazole rings is 1. The van der Waals surface area contributed by atoms with Gasteiger partial charge in [0.15, 0.2) is 0 Å². The highest BCUT2D eigenvalue weighted by atomic mass is 16.1. The van der Waals surface area contributed by atoms with Crippen molar-refractivity contribution in [3.63, 3.8) is 0 Å². The molecule has 0 radical (unpaired) electrons. The number of benzene rings is 2. The zero-order valence-corrected chi connectivity index (χ0v) is 19.7. The van der Waals surface area contributed by atoms with Crippen LogP contribution in [-0.2, 0) is 17.3 Å². The van der Waals surface area contributed by atoms with Gasteiger partial charge in [-0.2, -0.15) is 0 Å². The molecule has 0 saturated heterocycles. The lowest BCUT2D eigenvalue weighted by Gasteiger charge is -2.22. The van der Waals surface area contributed by atoms with Gasteiger partial charge in [0, 0.05) is 5.56 Å². The van der Waals surface area contributed by atoms with Crippen LogP contribution in [0.5, 0.6) is 0 Å². The molecule has 6 nitrogen and oxygen atoms in total. The number of H-pyrrole nitrogens is 1. The van der Waals surface area contributed by atoms with Crippen LogP contribution >= 0.6 is 0 Å². The molecule has 0 fully saturated rings. The van der Waals surface area contributed by atoms with E-state index in [-0.39, 0.29) is 22.7 Å². The lowest BCUT2D eigenvalue weighted by atomic mass is 9.82. The van der Waals surface area contributed by atoms with E-state index in [4.69, 9.17) is 0 Å². The van der Waals surface area contributed by atoms with Crippen LogP contribution in [0.3, 0.4) is 0 Å². The molecule has 0 atom stereocenters. The van der Waals surface area contributed by atoms with E-state index in [0.29, 0.717) is 5.56 Å². The van der Waals surface area contributed by atoms with Crippen LogP contribution in [0.15, 0.2) is 36.4 Å². The quantitative estimate of drug-likeness (QED) is 0.522. The molecule has 2 N–H and O–H groups in total. The molecule has 0 saturated carbocycles. The maximum Gasteiger partial charge on any atom is 0.258 e. The normalized spacial score (nSPS) is 16.6. The molecule has 3 aromatic rings. The molecule has 1 aromatic heterocycles. The third-order valence-electron chi connectivity index (χ3n) is 6.52.